The molecule has 0 aromatic carbocycles. The number of carbonyl (C=O) groups is 3. The largest absolute Gasteiger partial charge is 1.00 e. The number of halogens is 2. The van der Waals surface area contributed by atoms with Gasteiger partial charge < -0.3 is 27.4 Å². The Kier molecular flexibility index (Phi) is 28.1. The van der Waals surface area contributed by atoms with Gasteiger partial charge in [-0.25, -0.2) is 4.79 Å². The molecule has 0 unspecified atom stereocenters. The molecule has 0 radical (unpaired) electrons. The Morgan fingerprint density at radius 1 is 1.30 bits per heavy atom. The number of ether oxygens (including phenoxy) is 1. The first kappa shape index (κ1) is 39.2. The summed E-state index contributed by atoms with van der Waals surface area (Å²) in [6, 6.07) is 0. The molecule has 2 aromatic rings. The van der Waals surface area contributed by atoms with Crippen LogP contribution in [0.3, 0.4) is 0 Å². The van der Waals surface area contributed by atoms with E-state index in [0.29, 0.717) is 18.0 Å². The molecule has 0 aliphatic carbocycles. The third kappa shape index (κ3) is 11.9. The number of hydrogen-bond acceptors (Lipinski definition) is 9. The number of hydrogen-bond donors (Lipinski definition) is 2. The zero-order valence-electron chi connectivity index (χ0n) is 16.2. The molecule has 1 aliphatic rings. The van der Waals surface area contributed by atoms with Gasteiger partial charge in [0.15, 0.2) is 0 Å². The summed E-state index contributed by atoms with van der Waals surface area (Å²) in [6.45, 7) is 0.840. The Hall–Kier alpha value is 1.96. The van der Waals surface area contributed by atoms with E-state index in [4.69, 9.17) is 15.8 Å². The fourth-order valence-electron chi connectivity index (χ4n) is 1.78. The molecule has 30 heavy (non-hydrogen) atoms. The van der Waals surface area contributed by atoms with Crippen molar-refractivity contribution in [3.63, 3.8) is 0 Å². The maximum Gasteiger partial charge on any atom is 1.00 e. The molecule has 14 heteroatoms. The number of methoxy groups -OCH3 is 1. The maximum absolute atomic E-state index is 11.1. The minimum Gasteiger partial charge on any atom is -1.00 e. The van der Waals surface area contributed by atoms with Gasteiger partial charge in [-0.1, -0.05) is 14.9 Å². The number of esters is 1. The van der Waals surface area contributed by atoms with Crippen molar-refractivity contribution < 1.29 is 133 Å². The summed E-state index contributed by atoms with van der Waals surface area (Å²) in [4.78, 5) is 34.8. The molecule has 0 fully saturated rings. The third-order valence-corrected chi connectivity index (χ3v) is 6.98. The summed E-state index contributed by atoms with van der Waals surface area (Å²) in [5, 5.41) is 15.0. The van der Waals surface area contributed by atoms with E-state index in [1.807, 2.05) is 10.8 Å². The Morgan fingerprint density at radius 3 is 2.27 bits per heavy atom. The van der Waals surface area contributed by atoms with E-state index in [1.165, 1.54) is 29.8 Å². The van der Waals surface area contributed by atoms with Gasteiger partial charge in [-0.3, -0.25) is 9.59 Å². The van der Waals surface area contributed by atoms with Crippen molar-refractivity contribution in [1.29, 1.82) is 0 Å². The van der Waals surface area contributed by atoms with Gasteiger partial charge >= 0.3 is 109 Å². The van der Waals surface area contributed by atoms with Crippen LogP contribution in [-0.2, 0) is 27.5 Å². The van der Waals surface area contributed by atoms with Crippen LogP contribution in [0.1, 0.15) is 46.8 Å². The second-order valence-electron chi connectivity index (χ2n) is 4.35. The fourth-order valence-corrected chi connectivity index (χ4v) is 5.05. The van der Waals surface area contributed by atoms with Gasteiger partial charge in [0.2, 0.25) is 0 Å². The first-order valence-electron chi connectivity index (χ1n) is 6.71. The van der Waals surface area contributed by atoms with Crippen LogP contribution in [0.25, 0.3) is 0 Å². The van der Waals surface area contributed by atoms with Crippen LogP contribution in [-0.4, -0.2) is 25.5 Å². The van der Waals surface area contributed by atoms with E-state index in [9.17, 15) is 9.59 Å². The van der Waals surface area contributed by atoms with E-state index in [-0.39, 0.29) is 137 Å². The Bertz CT molecular complexity index is 796. The second-order valence-corrected chi connectivity index (χ2v) is 7.82. The van der Waals surface area contributed by atoms with Gasteiger partial charge in [0, 0.05) is 43.9 Å². The molecule has 0 spiro atoms. The zero-order valence-corrected chi connectivity index (χ0v) is 26.3. The van der Waals surface area contributed by atoms with Crippen LogP contribution in [0.5, 0.6) is 0 Å². The molecule has 2 aromatic heterocycles. The molecule has 8 nitrogen and oxygen atoms in total. The van der Waals surface area contributed by atoms with Gasteiger partial charge in [-0.2, -0.15) is 0 Å². The number of nitrogens with one attached hydrogen (secondary N) is 1. The topological polar surface area (TPSA) is 131 Å². The van der Waals surface area contributed by atoms with Crippen LogP contribution in [0.2, 0.25) is 0 Å². The molecule has 3 N–H and O–H groups in total. The number of rotatable bonds is 3. The van der Waals surface area contributed by atoms with E-state index in [0.717, 1.165) is 24.9 Å². The van der Waals surface area contributed by atoms with Crippen molar-refractivity contribution >= 4 is 72.9 Å². The van der Waals surface area contributed by atoms with E-state index in [1.54, 1.807) is 0 Å². The quantitative estimate of drug-likeness (QED) is 0.123. The predicted octanol–water partition coefficient (Wildman–Crippen LogP) is -2.66. The number of thiophene rings is 2. The average Bonchev–Trinajstić information content (AvgIpc) is 3.32. The van der Waals surface area contributed by atoms with E-state index in [2.05, 4.69) is 46.8 Å². The second kappa shape index (κ2) is 21.5. The van der Waals surface area contributed by atoms with Crippen LogP contribution in [0, 0.1) is 0 Å². The molecule has 3 heterocycles. The minimum atomic E-state index is -0.328. The number of amides is 1. The summed E-state index contributed by atoms with van der Waals surface area (Å²) in [7, 11) is 1.36. The van der Waals surface area contributed by atoms with Gasteiger partial charge in [0.25, 0.3) is 12.4 Å². The molecule has 1 amide bonds. The van der Waals surface area contributed by atoms with E-state index < -0.39 is 0 Å². The van der Waals surface area contributed by atoms with Crippen molar-refractivity contribution in [2.24, 2.45) is 5.73 Å². The molecule has 3 rings (SSSR count). The Balaban J connectivity index is -0.000000110. The normalized spacial score (nSPS) is 9.70. The molecule has 0 atom stereocenters. The molecular weight excluding hydrogens is 618 g/mol. The first-order valence-corrected chi connectivity index (χ1v) is 10.1. The van der Waals surface area contributed by atoms with Gasteiger partial charge in [-0.05, 0) is 31.9 Å². The van der Waals surface area contributed by atoms with Crippen LogP contribution >= 0.6 is 54.5 Å². The predicted molar refractivity (Wildman–Crippen MR) is 116 cm³/mol. The van der Waals surface area contributed by atoms with Crippen molar-refractivity contribution in [2.45, 2.75) is 27.9 Å². The van der Waals surface area contributed by atoms with Gasteiger partial charge in [0.05, 0.1) is 12.0 Å². The van der Waals surface area contributed by atoms with Gasteiger partial charge in [-0.15, -0.1) is 22.7 Å². The Morgan fingerprint density at radius 2 is 1.83 bits per heavy atom. The third-order valence-electron chi connectivity index (χ3n) is 2.93. The smallest absolute Gasteiger partial charge is 1.00 e. The molecular formula is C16H22Br2K2N2O6S2. The molecule has 1 aliphatic heterocycles. The Labute approximate surface area is 287 Å². The molecule has 160 valence electrons. The zero-order chi connectivity index (χ0) is 19.7. The molecule has 0 bridgehead atoms. The van der Waals surface area contributed by atoms with Crippen LogP contribution in [0.15, 0.2) is 19.7 Å². The van der Waals surface area contributed by atoms with E-state index >= 15 is 0 Å². The molecule has 0 saturated heterocycles. The summed E-state index contributed by atoms with van der Waals surface area (Å²) in [5.74, 6) is -0.267. The first-order chi connectivity index (χ1) is 12.4. The fraction of sp³-hybridized carbons (Fsp3) is 0.312. The van der Waals surface area contributed by atoms with Crippen LogP contribution < -0.4 is 119 Å². The van der Waals surface area contributed by atoms with Crippen LogP contribution in [0.4, 0.5) is 0 Å². The monoisotopic (exact) mass is 638 g/mol. The number of nitrogens with two attached hydrogens (primary N) is 1. The average molecular weight is 640 g/mol. The van der Waals surface area contributed by atoms with Crippen molar-refractivity contribution in [1.82, 2.24) is 5.32 Å². The standard InChI is InChI=1S/C7H8BrNO2S.C6H4BrNOS.CH2O3.2CH4.2K.H/c1-11-7(10)6-4(2-9)5(8)3-12-6;7-4-2-10-5-3(4)1-8-6(5)9;2-1-4-3;;;;;/h3H,2,9H2,1H3;2H,1H2,(H,8,9);1,3H;2*1H4;;;/q;;;;;2*+1;-1/p-1. The summed E-state index contributed by atoms with van der Waals surface area (Å²) in [6.07, 6.45) is 0. The number of carbonyl (C=O) groups excluding carboxylic acids is 3. The summed E-state index contributed by atoms with van der Waals surface area (Å²) < 4.78 is 6.51. The molecule has 0 saturated carbocycles. The van der Waals surface area contributed by atoms with Crippen molar-refractivity contribution in [3.8, 4) is 0 Å². The van der Waals surface area contributed by atoms with Crippen molar-refractivity contribution in [2.75, 3.05) is 7.11 Å². The minimum absolute atomic E-state index is 0. The number of fused-ring (bicyclic) bond motifs is 1. The maximum atomic E-state index is 11.1. The summed E-state index contributed by atoms with van der Waals surface area (Å²) >= 11 is 9.48. The van der Waals surface area contributed by atoms with Gasteiger partial charge in [0.1, 0.15) is 4.88 Å². The van der Waals surface area contributed by atoms with Crippen molar-refractivity contribution in [3.05, 3.63) is 40.6 Å². The SMILES string of the molecule is C.C.COC(=O)c1scc(Br)c1CN.O=C1NCc2c(Br)csc21.O=CO[O-].[H-].[K+].[K+]. The summed E-state index contributed by atoms with van der Waals surface area (Å²) in [5.41, 5.74) is 7.38.